The molecule has 1 fully saturated rings. The number of nitrogens with one attached hydrogen (secondary N) is 1. The maximum Gasteiger partial charge on any atom is 0.142 e. The van der Waals surface area contributed by atoms with Crippen LogP contribution in [0, 0.1) is 7.14 Å². The number of rotatable bonds is 4. The molecule has 2 N–H and O–H groups in total. The fourth-order valence-electron chi connectivity index (χ4n) is 2.56. The van der Waals surface area contributed by atoms with Gasteiger partial charge in [0.2, 0.25) is 0 Å². The van der Waals surface area contributed by atoms with Gasteiger partial charge in [-0.1, -0.05) is 5.57 Å². The number of nitrogens with zero attached hydrogens (tertiary/aromatic N) is 1. The molecular formula is C15H20I2N2O. The van der Waals surface area contributed by atoms with E-state index in [2.05, 4.69) is 81.0 Å². The molecule has 20 heavy (non-hydrogen) atoms. The third-order valence-electron chi connectivity index (χ3n) is 3.56. The van der Waals surface area contributed by atoms with Gasteiger partial charge >= 0.3 is 0 Å². The Morgan fingerprint density at radius 3 is 2.40 bits per heavy atom. The molecule has 1 aromatic carbocycles. The quantitative estimate of drug-likeness (QED) is 0.493. The molecule has 3 nitrogen and oxygen atoms in total. The first-order chi connectivity index (χ1) is 9.49. The summed E-state index contributed by atoms with van der Waals surface area (Å²) >= 11 is 4.41. The summed E-state index contributed by atoms with van der Waals surface area (Å²) in [5.41, 5.74) is 2.48. The van der Waals surface area contributed by atoms with Gasteiger partial charge in [0.1, 0.15) is 5.75 Å². The standard InChI is InChI=1S/C15H20I2N2O/c1-10(2)7-14(19-5-3-18-4-6-19)11-8-12(16)15(20)13(17)9-11/h8-9,14,18,20H,1,3-7H2,2H3/t14-/m0/s1. The Kier molecular flexibility index (Phi) is 6.12. The van der Waals surface area contributed by atoms with E-state index in [1.165, 1.54) is 11.1 Å². The minimum absolute atomic E-state index is 0.359. The van der Waals surface area contributed by atoms with Gasteiger partial charge in [-0.15, -0.1) is 6.58 Å². The molecule has 110 valence electrons. The van der Waals surface area contributed by atoms with Crippen LogP contribution in [0.1, 0.15) is 24.9 Å². The number of hydrogen-bond donors (Lipinski definition) is 2. The molecule has 0 saturated carbocycles. The summed E-state index contributed by atoms with van der Waals surface area (Å²) in [6, 6.07) is 4.57. The topological polar surface area (TPSA) is 35.5 Å². The van der Waals surface area contributed by atoms with Crippen molar-refractivity contribution in [2.24, 2.45) is 0 Å². The van der Waals surface area contributed by atoms with Crippen molar-refractivity contribution in [2.75, 3.05) is 26.2 Å². The van der Waals surface area contributed by atoms with E-state index in [4.69, 9.17) is 0 Å². The average molecular weight is 498 g/mol. The number of phenolic OH excluding ortho intramolecular Hbond substituents is 1. The Bertz CT molecular complexity index is 476. The molecule has 0 bridgehead atoms. The van der Waals surface area contributed by atoms with Crippen LogP contribution < -0.4 is 5.32 Å². The molecule has 1 atom stereocenters. The highest BCUT2D eigenvalue weighted by molar-refractivity contribution is 14.1. The fraction of sp³-hybridized carbons (Fsp3) is 0.467. The smallest absolute Gasteiger partial charge is 0.142 e. The van der Waals surface area contributed by atoms with Gasteiger partial charge in [-0.25, -0.2) is 0 Å². The highest BCUT2D eigenvalue weighted by atomic mass is 127. The minimum Gasteiger partial charge on any atom is -0.506 e. The molecule has 2 rings (SSSR count). The van der Waals surface area contributed by atoms with Crippen LogP contribution in [0.2, 0.25) is 0 Å². The van der Waals surface area contributed by atoms with Gasteiger partial charge in [-0.05, 0) is 76.2 Å². The third-order valence-corrected chi connectivity index (χ3v) is 5.20. The Morgan fingerprint density at radius 2 is 1.90 bits per heavy atom. The highest BCUT2D eigenvalue weighted by Crippen LogP contribution is 2.34. The van der Waals surface area contributed by atoms with E-state index in [-0.39, 0.29) is 0 Å². The van der Waals surface area contributed by atoms with E-state index in [1.807, 2.05) is 0 Å². The zero-order chi connectivity index (χ0) is 14.7. The summed E-state index contributed by atoms with van der Waals surface area (Å²) in [5.74, 6) is 0.393. The second-order valence-corrected chi connectivity index (χ2v) is 7.62. The lowest BCUT2D eigenvalue weighted by molar-refractivity contribution is 0.172. The largest absolute Gasteiger partial charge is 0.506 e. The van der Waals surface area contributed by atoms with E-state index in [9.17, 15) is 5.11 Å². The Balaban J connectivity index is 2.32. The first-order valence-corrected chi connectivity index (χ1v) is 8.92. The maximum atomic E-state index is 9.95. The van der Waals surface area contributed by atoms with E-state index < -0.39 is 0 Å². The molecule has 5 heteroatoms. The lowest BCUT2D eigenvalue weighted by Gasteiger charge is -2.35. The van der Waals surface area contributed by atoms with Crippen LogP contribution in [0.5, 0.6) is 5.75 Å². The van der Waals surface area contributed by atoms with Crippen molar-refractivity contribution < 1.29 is 5.11 Å². The first-order valence-electron chi connectivity index (χ1n) is 6.76. The number of piperazine rings is 1. The van der Waals surface area contributed by atoms with Gasteiger partial charge in [0.15, 0.2) is 0 Å². The highest BCUT2D eigenvalue weighted by Gasteiger charge is 2.23. The predicted octanol–water partition coefficient (Wildman–Crippen LogP) is 3.51. The molecule has 0 aliphatic carbocycles. The summed E-state index contributed by atoms with van der Waals surface area (Å²) in [5, 5.41) is 13.3. The zero-order valence-electron chi connectivity index (χ0n) is 11.6. The molecule has 0 unspecified atom stereocenters. The van der Waals surface area contributed by atoms with Crippen molar-refractivity contribution in [1.82, 2.24) is 10.2 Å². The number of phenols is 1. The van der Waals surface area contributed by atoms with E-state index in [0.717, 1.165) is 39.7 Å². The van der Waals surface area contributed by atoms with Crippen molar-refractivity contribution in [3.05, 3.63) is 37.0 Å². The van der Waals surface area contributed by atoms with Crippen LogP contribution in [-0.4, -0.2) is 36.2 Å². The molecule has 0 aromatic heterocycles. The van der Waals surface area contributed by atoms with Crippen molar-refractivity contribution >= 4 is 45.2 Å². The zero-order valence-corrected chi connectivity index (χ0v) is 15.9. The number of aromatic hydroxyl groups is 1. The Labute approximate surface area is 148 Å². The first kappa shape index (κ1) is 16.5. The second kappa shape index (κ2) is 7.42. The molecule has 1 aliphatic heterocycles. The van der Waals surface area contributed by atoms with Crippen molar-refractivity contribution in [3.63, 3.8) is 0 Å². The molecule has 1 heterocycles. The molecule has 0 amide bonds. The SMILES string of the molecule is C=C(C)C[C@@H](c1cc(I)c(O)c(I)c1)N1CCNCC1. The van der Waals surface area contributed by atoms with Crippen molar-refractivity contribution in [1.29, 1.82) is 0 Å². The van der Waals surface area contributed by atoms with Crippen LogP contribution in [0.4, 0.5) is 0 Å². The molecule has 1 aliphatic rings. The average Bonchev–Trinajstić information content (AvgIpc) is 2.42. The van der Waals surface area contributed by atoms with Gasteiger partial charge in [0.05, 0.1) is 7.14 Å². The summed E-state index contributed by atoms with van der Waals surface area (Å²) in [6.45, 7) is 10.4. The van der Waals surface area contributed by atoms with Crippen LogP contribution >= 0.6 is 45.2 Å². The predicted molar refractivity (Wildman–Crippen MR) is 100 cm³/mol. The van der Waals surface area contributed by atoms with Crippen molar-refractivity contribution in [2.45, 2.75) is 19.4 Å². The molecule has 1 saturated heterocycles. The lowest BCUT2D eigenvalue weighted by atomic mass is 9.98. The van der Waals surface area contributed by atoms with Gasteiger partial charge in [0, 0.05) is 32.2 Å². The monoisotopic (exact) mass is 498 g/mol. The number of benzene rings is 1. The van der Waals surface area contributed by atoms with E-state index in [1.54, 1.807) is 0 Å². The van der Waals surface area contributed by atoms with E-state index in [0.29, 0.717) is 11.8 Å². The van der Waals surface area contributed by atoms with Gasteiger partial charge in [-0.3, -0.25) is 4.90 Å². The Hall–Kier alpha value is 0.140. The van der Waals surface area contributed by atoms with Crippen LogP contribution in [0.3, 0.4) is 0 Å². The summed E-state index contributed by atoms with van der Waals surface area (Å²) in [6.07, 6.45) is 0.969. The lowest BCUT2D eigenvalue weighted by Crippen LogP contribution is -2.45. The second-order valence-electron chi connectivity index (χ2n) is 5.30. The maximum absolute atomic E-state index is 9.95. The molecule has 0 radical (unpaired) electrons. The fourth-order valence-corrected chi connectivity index (χ4v) is 4.38. The van der Waals surface area contributed by atoms with Crippen LogP contribution in [0.25, 0.3) is 0 Å². The van der Waals surface area contributed by atoms with Crippen molar-refractivity contribution in [3.8, 4) is 5.75 Å². The van der Waals surface area contributed by atoms with E-state index >= 15 is 0 Å². The molecule has 0 spiro atoms. The molecular weight excluding hydrogens is 478 g/mol. The van der Waals surface area contributed by atoms with Gasteiger partial charge in [-0.2, -0.15) is 0 Å². The van der Waals surface area contributed by atoms with Gasteiger partial charge < -0.3 is 10.4 Å². The summed E-state index contributed by atoms with van der Waals surface area (Å²) < 4.78 is 1.85. The van der Waals surface area contributed by atoms with Crippen LogP contribution in [-0.2, 0) is 0 Å². The van der Waals surface area contributed by atoms with Gasteiger partial charge in [0.25, 0.3) is 0 Å². The number of halogens is 2. The molecule has 1 aromatic rings. The van der Waals surface area contributed by atoms with Crippen LogP contribution in [0.15, 0.2) is 24.3 Å². The summed E-state index contributed by atoms with van der Waals surface area (Å²) in [7, 11) is 0. The normalized spacial score (nSPS) is 17.9. The minimum atomic E-state index is 0.359. The third kappa shape index (κ3) is 4.08. The summed E-state index contributed by atoms with van der Waals surface area (Å²) in [4.78, 5) is 2.52. The number of hydrogen-bond acceptors (Lipinski definition) is 3. The Morgan fingerprint density at radius 1 is 1.35 bits per heavy atom.